The average Bonchev–Trinajstić information content (AvgIpc) is 2.59. The minimum absolute atomic E-state index is 0.0345. The van der Waals surface area contributed by atoms with Crippen LogP contribution in [0.15, 0.2) is 41.3 Å². The van der Waals surface area contributed by atoms with Crippen molar-refractivity contribution in [3.05, 3.63) is 57.8 Å². The molecule has 2 rings (SSSR count). The molecule has 0 radical (unpaired) electrons. The number of nitro benzene ring substituents is 1. The number of halogens is 4. The van der Waals surface area contributed by atoms with Gasteiger partial charge in [0.2, 0.25) is 5.88 Å². The van der Waals surface area contributed by atoms with Crippen LogP contribution in [0.1, 0.15) is 32.0 Å². The largest absolute Gasteiger partial charge is 0.472 e. The Labute approximate surface area is 185 Å². The maximum absolute atomic E-state index is 13.4. The van der Waals surface area contributed by atoms with E-state index in [0.717, 1.165) is 24.1 Å². The van der Waals surface area contributed by atoms with Gasteiger partial charge in [-0.15, -0.1) is 0 Å². The molecule has 0 spiro atoms. The Morgan fingerprint density at radius 3 is 2.47 bits per heavy atom. The molecule has 0 fully saturated rings. The highest BCUT2D eigenvalue weighted by Gasteiger charge is 2.32. The van der Waals surface area contributed by atoms with Crippen molar-refractivity contribution in [2.24, 2.45) is 0 Å². The fourth-order valence-corrected chi connectivity index (χ4v) is 4.12. The van der Waals surface area contributed by atoms with E-state index in [2.05, 4.69) is 20.9 Å². The molecule has 1 aromatic carbocycles. The van der Waals surface area contributed by atoms with Crippen molar-refractivity contribution in [2.45, 2.75) is 44.0 Å². The fraction of sp³-hybridized carbons (Fsp3) is 0.421. The van der Waals surface area contributed by atoms with E-state index in [1.54, 1.807) is 43.3 Å². The minimum atomic E-state index is -4.56. The molecule has 1 aromatic heterocycles. The summed E-state index contributed by atoms with van der Waals surface area (Å²) in [7, 11) is 0. The van der Waals surface area contributed by atoms with Crippen molar-refractivity contribution in [3.63, 3.8) is 0 Å². The van der Waals surface area contributed by atoms with Gasteiger partial charge >= 0.3 is 6.18 Å². The third-order valence-corrected chi connectivity index (χ3v) is 5.02. The Bertz CT molecular complexity index is 891. The highest BCUT2D eigenvalue weighted by atomic mass is 79.9. The normalized spacial score (nSPS) is 12.3. The van der Waals surface area contributed by atoms with Gasteiger partial charge in [-0.05, 0) is 44.9 Å². The molecule has 0 saturated carbocycles. The fourth-order valence-electron chi connectivity index (χ4n) is 2.43. The van der Waals surface area contributed by atoms with Gasteiger partial charge in [0.15, 0.2) is 0 Å². The molecule has 0 aliphatic heterocycles. The topological polar surface area (TPSA) is 68.5 Å². The first-order valence-corrected chi connectivity index (χ1v) is 10.8. The first-order chi connectivity index (χ1) is 13.9. The van der Waals surface area contributed by atoms with Crippen molar-refractivity contribution in [2.75, 3.05) is 11.9 Å². The second-order valence-corrected chi connectivity index (χ2v) is 9.20. The number of aromatic nitrogens is 1. The molecule has 0 amide bonds. The number of rotatable bonds is 8. The Hall–Kier alpha value is -1.85. The highest BCUT2D eigenvalue weighted by Crippen LogP contribution is 2.35. The van der Waals surface area contributed by atoms with Crippen LogP contribution in [0.5, 0.6) is 5.88 Å². The highest BCUT2D eigenvalue weighted by molar-refractivity contribution is 9.09. The van der Waals surface area contributed by atoms with E-state index in [-0.39, 0.29) is 23.8 Å². The lowest BCUT2D eigenvalue weighted by molar-refractivity contribution is -0.387. The van der Waals surface area contributed by atoms with Gasteiger partial charge in [-0.1, -0.05) is 28.1 Å². The summed E-state index contributed by atoms with van der Waals surface area (Å²) >= 11 is 4.41. The summed E-state index contributed by atoms with van der Waals surface area (Å²) in [5.41, 5.74) is -1.50. The maximum Gasteiger partial charge on any atom is 0.416 e. The van der Waals surface area contributed by atoms with E-state index in [4.69, 9.17) is 4.74 Å². The number of benzene rings is 1. The second kappa shape index (κ2) is 9.97. The van der Waals surface area contributed by atoms with E-state index in [1.807, 2.05) is 0 Å². The molecule has 30 heavy (non-hydrogen) atoms. The van der Waals surface area contributed by atoms with Crippen LogP contribution >= 0.6 is 27.9 Å². The zero-order valence-electron chi connectivity index (χ0n) is 16.6. The Balaban J connectivity index is 2.36. The number of ether oxygens (including phenoxy) is 1. The molecule has 0 aliphatic rings. The lowest BCUT2D eigenvalue weighted by atomic mass is 10.2. The second-order valence-electron chi connectivity index (χ2n) is 7.27. The van der Waals surface area contributed by atoms with Gasteiger partial charge < -0.3 is 4.74 Å². The van der Waals surface area contributed by atoms with Crippen LogP contribution < -0.4 is 4.74 Å². The van der Waals surface area contributed by atoms with Crippen molar-refractivity contribution in [1.82, 2.24) is 9.29 Å². The van der Waals surface area contributed by atoms with Gasteiger partial charge in [0.05, 0.1) is 22.7 Å². The van der Waals surface area contributed by atoms with Gasteiger partial charge in [0.1, 0.15) is 10.5 Å². The van der Waals surface area contributed by atoms with E-state index in [0.29, 0.717) is 16.8 Å². The molecule has 0 bridgehead atoms. The summed E-state index contributed by atoms with van der Waals surface area (Å²) < 4.78 is 47.4. The number of para-hydroxylation sites is 1. The van der Waals surface area contributed by atoms with Crippen LogP contribution in [0.25, 0.3) is 0 Å². The Morgan fingerprint density at radius 1 is 1.23 bits per heavy atom. The number of nitro groups is 1. The Morgan fingerprint density at radius 2 is 1.90 bits per heavy atom. The van der Waals surface area contributed by atoms with Crippen LogP contribution in [0.3, 0.4) is 0 Å². The van der Waals surface area contributed by atoms with E-state index >= 15 is 0 Å². The van der Waals surface area contributed by atoms with Gasteiger partial charge in [-0.25, -0.2) is 9.29 Å². The molecule has 2 aromatic rings. The summed E-state index contributed by atoms with van der Waals surface area (Å²) in [6.07, 6.45) is -4.56. The SMILES string of the molecule is CC(C)(C)Oc1cc(C(F)(F)F)cc(CN(CCBr)Sc2ccccc2[N+](=O)[O-])n1. The minimum Gasteiger partial charge on any atom is -0.472 e. The lowest BCUT2D eigenvalue weighted by Crippen LogP contribution is -2.25. The molecule has 0 aliphatic carbocycles. The third kappa shape index (κ3) is 7.44. The van der Waals surface area contributed by atoms with Crippen molar-refractivity contribution in [3.8, 4) is 5.88 Å². The zero-order valence-corrected chi connectivity index (χ0v) is 19.0. The predicted octanol–water partition coefficient (Wildman–Crippen LogP) is 6.09. The van der Waals surface area contributed by atoms with E-state index < -0.39 is 22.3 Å². The maximum atomic E-state index is 13.4. The van der Waals surface area contributed by atoms with Crippen LogP contribution in [-0.4, -0.2) is 31.7 Å². The monoisotopic (exact) mass is 507 g/mol. The van der Waals surface area contributed by atoms with Crippen molar-refractivity contribution in [1.29, 1.82) is 0 Å². The predicted molar refractivity (Wildman–Crippen MR) is 113 cm³/mol. The van der Waals surface area contributed by atoms with Crippen LogP contribution in [-0.2, 0) is 12.7 Å². The molecule has 0 saturated heterocycles. The summed E-state index contributed by atoms with van der Waals surface area (Å²) in [4.78, 5) is 15.4. The molecule has 0 unspecified atom stereocenters. The molecular formula is C19H21BrF3N3O3S. The molecule has 11 heteroatoms. The number of pyridine rings is 1. The lowest BCUT2D eigenvalue weighted by Gasteiger charge is -2.23. The summed E-state index contributed by atoms with van der Waals surface area (Å²) in [6.45, 7) is 5.61. The number of hydrogen-bond acceptors (Lipinski definition) is 6. The summed E-state index contributed by atoms with van der Waals surface area (Å²) in [5.74, 6) is -0.123. The van der Waals surface area contributed by atoms with Crippen LogP contribution in [0.4, 0.5) is 18.9 Å². The molecule has 6 nitrogen and oxygen atoms in total. The van der Waals surface area contributed by atoms with Crippen molar-refractivity contribution >= 4 is 33.6 Å². The first kappa shape index (κ1) is 24.4. The van der Waals surface area contributed by atoms with Gasteiger partial charge in [-0.2, -0.15) is 13.2 Å². The molecule has 0 N–H and O–H groups in total. The van der Waals surface area contributed by atoms with Gasteiger partial charge in [-0.3, -0.25) is 10.1 Å². The molecule has 1 heterocycles. The first-order valence-electron chi connectivity index (χ1n) is 8.88. The summed E-state index contributed by atoms with van der Waals surface area (Å²) in [5, 5.41) is 11.8. The number of alkyl halides is 4. The molecule has 164 valence electrons. The van der Waals surface area contributed by atoms with Crippen LogP contribution in [0, 0.1) is 10.1 Å². The number of nitrogens with zero attached hydrogens (tertiary/aromatic N) is 3. The quantitative estimate of drug-likeness (QED) is 0.186. The standard InChI is InChI=1S/C19H21BrF3N3O3S/c1-18(2,3)29-17-11-13(19(21,22)23)10-14(24-17)12-25(9-8-20)30-16-7-5-4-6-15(16)26(27)28/h4-7,10-11H,8-9,12H2,1-3H3. The van der Waals surface area contributed by atoms with Gasteiger partial charge in [0.25, 0.3) is 5.69 Å². The summed E-state index contributed by atoms with van der Waals surface area (Å²) in [6, 6.07) is 8.04. The van der Waals surface area contributed by atoms with Crippen LogP contribution in [0.2, 0.25) is 0 Å². The van der Waals surface area contributed by atoms with E-state index in [9.17, 15) is 23.3 Å². The smallest absolute Gasteiger partial charge is 0.416 e. The zero-order chi connectivity index (χ0) is 22.5. The van der Waals surface area contributed by atoms with E-state index in [1.165, 1.54) is 6.07 Å². The van der Waals surface area contributed by atoms with Gasteiger partial charge in [0, 0.05) is 24.0 Å². The number of hydrogen-bond donors (Lipinski definition) is 0. The molecule has 0 atom stereocenters. The Kier molecular flexibility index (Phi) is 8.12. The van der Waals surface area contributed by atoms with Crippen molar-refractivity contribution < 1.29 is 22.8 Å². The average molecular weight is 508 g/mol. The molecular weight excluding hydrogens is 487 g/mol. The third-order valence-electron chi connectivity index (χ3n) is 3.55.